The molecule has 0 fully saturated rings. The van der Waals surface area contributed by atoms with Crippen LogP contribution in [-0.2, 0) is 4.79 Å². The Balaban J connectivity index is 1.85. The van der Waals surface area contributed by atoms with Gasteiger partial charge in [-0.25, -0.2) is 4.98 Å². The molecular formula is C24H23N3OS. The summed E-state index contributed by atoms with van der Waals surface area (Å²) in [5, 5.41) is 12.8. The highest BCUT2D eigenvalue weighted by Gasteiger charge is 2.21. The first-order valence-corrected chi connectivity index (χ1v) is 10.4. The Hall–Kier alpha value is -3.10. The van der Waals surface area contributed by atoms with Crippen LogP contribution in [0.2, 0.25) is 0 Å². The molecule has 0 saturated heterocycles. The van der Waals surface area contributed by atoms with E-state index >= 15 is 0 Å². The van der Waals surface area contributed by atoms with Crippen LogP contribution in [-0.4, -0.2) is 16.1 Å². The number of aromatic nitrogens is 1. The van der Waals surface area contributed by atoms with Gasteiger partial charge < -0.3 is 5.32 Å². The number of rotatable bonds is 6. The number of hydrogen-bond donors (Lipinski definition) is 1. The van der Waals surface area contributed by atoms with Crippen molar-refractivity contribution in [2.24, 2.45) is 0 Å². The first-order chi connectivity index (χ1) is 14.0. The lowest BCUT2D eigenvalue weighted by Crippen LogP contribution is -2.25. The minimum atomic E-state index is -0.347. The van der Waals surface area contributed by atoms with Crippen molar-refractivity contribution in [2.45, 2.75) is 37.5 Å². The molecule has 4 nitrogen and oxygen atoms in total. The maximum atomic E-state index is 12.9. The normalized spacial score (nSPS) is 11.5. The first kappa shape index (κ1) is 20.6. The van der Waals surface area contributed by atoms with E-state index in [-0.39, 0.29) is 11.2 Å². The van der Waals surface area contributed by atoms with Crippen LogP contribution >= 0.6 is 11.8 Å². The summed E-state index contributed by atoms with van der Waals surface area (Å²) < 4.78 is 0. The van der Waals surface area contributed by atoms with Crippen LogP contribution in [0.15, 0.2) is 65.7 Å². The van der Waals surface area contributed by atoms with E-state index in [2.05, 4.69) is 16.4 Å². The molecule has 0 saturated carbocycles. The molecule has 0 spiro atoms. The van der Waals surface area contributed by atoms with Crippen LogP contribution in [0.5, 0.6) is 0 Å². The van der Waals surface area contributed by atoms with Gasteiger partial charge in [0.15, 0.2) is 0 Å². The van der Waals surface area contributed by atoms with Gasteiger partial charge in [0.1, 0.15) is 11.1 Å². The van der Waals surface area contributed by atoms with Crippen LogP contribution in [0.4, 0.5) is 5.69 Å². The Bertz CT molecular complexity index is 1060. The standard InChI is InChI=1S/C24H23N3OS/c1-4-22(23(28)26-21-14-16(2)10-11-17(21)3)29-24-19(15-25)12-13-20(27-24)18-8-6-5-7-9-18/h5-14,22H,4H2,1-3H3,(H,26,28). The topological polar surface area (TPSA) is 65.8 Å². The fourth-order valence-corrected chi connectivity index (χ4v) is 3.92. The molecule has 2 aromatic carbocycles. The number of carbonyl (C=O) groups excluding carboxylic acids is 1. The van der Waals surface area contributed by atoms with Gasteiger partial charge in [0.2, 0.25) is 5.91 Å². The van der Waals surface area contributed by atoms with Crippen molar-refractivity contribution in [3.63, 3.8) is 0 Å². The largest absolute Gasteiger partial charge is 0.325 e. The lowest BCUT2D eigenvalue weighted by atomic mass is 10.1. The number of nitrogens with zero attached hydrogens (tertiary/aromatic N) is 2. The predicted octanol–water partition coefficient (Wildman–Crippen LogP) is 5.75. The van der Waals surface area contributed by atoms with Crippen LogP contribution in [0, 0.1) is 25.2 Å². The Morgan fingerprint density at radius 1 is 1.14 bits per heavy atom. The van der Waals surface area contributed by atoms with E-state index in [0.29, 0.717) is 17.0 Å². The average molecular weight is 402 g/mol. The van der Waals surface area contributed by atoms with Gasteiger partial charge in [0.25, 0.3) is 0 Å². The molecule has 1 unspecified atom stereocenters. The van der Waals surface area contributed by atoms with Crippen LogP contribution in [0.3, 0.4) is 0 Å². The van der Waals surface area contributed by atoms with Crippen molar-refractivity contribution in [1.29, 1.82) is 5.26 Å². The summed E-state index contributed by atoms with van der Waals surface area (Å²) in [6.45, 7) is 5.94. The molecule has 1 heterocycles. The molecular weight excluding hydrogens is 378 g/mol. The summed E-state index contributed by atoms with van der Waals surface area (Å²) in [5.74, 6) is -0.0815. The molecule has 146 valence electrons. The quantitative estimate of drug-likeness (QED) is 0.534. The van der Waals surface area contributed by atoms with Gasteiger partial charge in [-0.2, -0.15) is 5.26 Å². The monoisotopic (exact) mass is 401 g/mol. The molecule has 29 heavy (non-hydrogen) atoms. The average Bonchev–Trinajstić information content (AvgIpc) is 2.75. The SMILES string of the molecule is CCC(Sc1nc(-c2ccccc2)ccc1C#N)C(=O)Nc1cc(C)ccc1C. The molecule has 5 heteroatoms. The van der Waals surface area contributed by atoms with Gasteiger partial charge in [0.05, 0.1) is 16.5 Å². The molecule has 0 aliphatic rings. The second-order valence-electron chi connectivity index (χ2n) is 6.85. The van der Waals surface area contributed by atoms with E-state index in [0.717, 1.165) is 28.1 Å². The lowest BCUT2D eigenvalue weighted by molar-refractivity contribution is -0.115. The van der Waals surface area contributed by atoms with E-state index in [9.17, 15) is 10.1 Å². The second-order valence-corrected chi connectivity index (χ2v) is 8.04. The van der Waals surface area contributed by atoms with E-state index in [4.69, 9.17) is 0 Å². The fourth-order valence-electron chi connectivity index (χ4n) is 2.93. The van der Waals surface area contributed by atoms with Crippen molar-refractivity contribution in [1.82, 2.24) is 4.98 Å². The number of amides is 1. The molecule has 0 aliphatic heterocycles. The highest BCUT2D eigenvalue weighted by Crippen LogP contribution is 2.30. The highest BCUT2D eigenvalue weighted by atomic mass is 32.2. The maximum absolute atomic E-state index is 12.9. The number of aryl methyl sites for hydroxylation is 2. The van der Waals surface area contributed by atoms with Crippen LogP contribution in [0.1, 0.15) is 30.0 Å². The minimum absolute atomic E-state index is 0.0815. The van der Waals surface area contributed by atoms with Gasteiger partial charge in [0, 0.05) is 11.3 Å². The van der Waals surface area contributed by atoms with Crippen molar-refractivity contribution in [3.05, 3.63) is 77.4 Å². The summed E-state index contributed by atoms with van der Waals surface area (Å²) in [4.78, 5) is 17.6. The van der Waals surface area contributed by atoms with Gasteiger partial charge in [-0.1, -0.05) is 61.2 Å². The first-order valence-electron chi connectivity index (χ1n) is 9.53. The number of nitriles is 1. The minimum Gasteiger partial charge on any atom is -0.325 e. The Labute approximate surface area is 176 Å². The predicted molar refractivity (Wildman–Crippen MR) is 119 cm³/mol. The van der Waals surface area contributed by atoms with Crippen molar-refractivity contribution < 1.29 is 4.79 Å². The molecule has 1 aromatic heterocycles. The summed E-state index contributed by atoms with van der Waals surface area (Å²) in [7, 11) is 0. The number of pyridine rings is 1. The van der Waals surface area contributed by atoms with Crippen molar-refractivity contribution in [2.75, 3.05) is 5.32 Å². The molecule has 3 rings (SSSR count). The molecule has 1 N–H and O–H groups in total. The van der Waals surface area contributed by atoms with E-state index in [1.165, 1.54) is 11.8 Å². The van der Waals surface area contributed by atoms with Crippen LogP contribution in [0.25, 0.3) is 11.3 Å². The van der Waals surface area contributed by atoms with Gasteiger partial charge in [-0.3, -0.25) is 4.79 Å². The maximum Gasteiger partial charge on any atom is 0.237 e. The summed E-state index contributed by atoms with van der Waals surface area (Å²) in [6, 6.07) is 21.6. The Morgan fingerprint density at radius 2 is 1.90 bits per heavy atom. The number of carbonyl (C=O) groups is 1. The fraction of sp³-hybridized carbons (Fsp3) is 0.208. The third kappa shape index (κ3) is 5.04. The Morgan fingerprint density at radius 3 is 2.59 bits per heavy atom. The summed E-state index contributed by atoms with van der Waals surface area (Å²) in [6.07, 6.45) is 0.628. The third-order valence-electron chi connectivity index (χ3n) is 4.62. The number of hydrogen-bond acceptors (Lipinski definition) is 4. The summed E-state index contributed by atoms with van der Waals surface area (Å²) in [5.41, 5.74) is 5.18. The van der Waals surface area contributed by atoms with E-state index in [1.54, 1.807) is 6.07 Å². The third-order valence-corrected chi connectivity index (χ3v) is 5.98. The zero-order valence-corrected chi connectivity index (χ0v) is 17.6. The van der Waals surface area contributed by atoms with Gasteiger partial charge in [-0.05, 0) is 49.6 Å². The van der Waals surface area contributed by atoms with Crippen molar-refractivity contribution in [3.8, 4) is 17.3 Å². The number of thioether (sulfide) groups is 1. The van der Waals surface area contributed by atoms with E-state index in [1.807, 2.05) is 75.4 Å². The van der Waals surface area contributed by atoms with Crippen LogP contribution < -0.4 is 5.32 Å². The molecule has 0 aliphatic carbocycles. The number of nitrogens with one attached hydrogen (secondary N) is 1. The van der Waals surface area contributed by atoms with Gasteiger partial charge in [-0.15, -0.1) is 0 Å². The molecule has 0 bridgehead atoms. The smallest absolute Gasteiger partial charge is 0.237 e. The molecule has 1 atom stereocenters. The highest BCUT2D eigenvalue weighted by molar-refractivity contribution is 8.00. The molecule has 1 amide bonds. The summed E-state index contributed by atoms with van der Waals surface area (Å²) >= 11 is 1.34. The molecule has 0 radical (unpaired) electrons. The zero-order valence-electron chi connectivity index (χ0n) is 16.8. The van der Waals surface area contributed by atoms with Gasteiger partial charge >= 0.3 is 0 Å². The second kappa shape index (κ2) is 9.40. The van der Waals surface area contributed by atoms with Crippen molar-refractivity contribution >= 4 is 23.4 Å². The number of benzene rings is 2. The number of anilines is 1. The lowest BCUT2D eigenvalue weighted by Gasteiger charge is -2.17. The van der Waals surface area contributed by atoms with E-state index < -0.39 is 0 Å². The molecule has 3 aromatic rings. The Kier molecular flexibility index (Phi) is 6.69. The zero-order chi connectivity index (χ0) is 20.8.